The maximum absolute atomic E-state index is 13.3. The predicted octanol–water partition coefficient (Wildman–Crippen LogP) is 5.48. The molecule has 162 valence electrons. The number of carbonyl (C=O) groups is 2. The lowest BCUT2D eigenvalue weighted by molar-refractivity contribution is -0.132. The highest BCUT2D eigenvalue weighted by Gasteiger charge is 2.47. The van der Waals surface area contributed by atoms with Gasteiger partial charge in [-0.1, -0.05) is 66.7 Å². The lowest BCUT2D eigenvalue weighted by atomic mass is 9.93. The van der Waals surface area contributed by atoms with Crippen LogP contribution in [0, 0.1) is 6.92 Å². The molecule has 5 heteroatoms. The van der Waals surface area contributed by atoms with E-state index < -0.39 is 17.7 Å². The Morgan fingerprint density at radius 1 is 0.848 bits per heavy atom. The molecule has 5 rings (SSSR count). The van der Waals surface area contributed by atoms with Crippen molar-refractivity contribution in [2.45, 2.75) is 13.0 Å². The molecule has 0 aromatic heterocycles. The van der Waals surface area contributed by atoms with Crippen molar-refractivity contribution in [1.82, 2.24) is 0 Å². The summed E-state index contributed by atoms with van der Waals surface area (Å²) in [7, 11) is 0. The van der Waals surface area contributed by atoms with Crippen molar-refractivity contribution in [1.29, 1.82) is 0 Å². The molecule has 2 N–H and O–H groups in total. The summed E-state index contributed by atoms with van der Waals surface area (Å²) in [5.41, 5.74) is 2.61. The number of amides is 1. The Morgan fingerprint density at radius 3 is 2.30 bits per heavy atom. The number of benzene rings is 4. The molecule has 1 amide bonds. The van der Waals surface area contributed by atoms with Crippen LogP contribution in [0.2, 0.25) is 0 Å². The smallest absolute Gasteiger partial charge is 0.300 e. The van der Waals surface area contributed by atoms with Gasteiger partial charge in [0.25, 0.3) is 11.7 Å². The fourth-order valence-corrected chi connectivity index (χ4v) is 4.43. The Hall–Kier alpha value is -4.38. The maximum Gasteiger partial charge on any atom is 0.300 e. The second-order valence-corrected chi connectivity index (χ2v) is 8.13. The van der Waals surface area contributed by atoms with E-state index in [9.17, 15) is 19.8 Å². The number of Topliss-reactive ketones (excluding diaryl/α,β-unsaturated/α-hetero) is 1. The van der Waals surface area contributed by atoms with E-state index in [4.69, 9.17) is 0 Å². The molecular formula is C28H21NO4. The van der Waals surface area contributed by atoms with Crippen LogP contribution in [0.4, 0.5) is 5.69 Å². The average Bonchev–Trinajstić information content (AvgIpc) is 3.09. The van der Waals surface area contributed by atoms with Crippen molar-refractivity contribution >= 4 is 33.9 Å². The minimum atomic E-state index is -0.841. The van der Waals surface area contributed by atoms with Gasteiger partial charge in [-0.05, 0) is 53.1 Å². The number of hydrogen-bond donors (Lipinski definition) is 2. The molecule has 4 aromatic carbocycles. The van der Waals surface area contributed by atoms with Crippen molar-refractivity contribution in [3.05, 3.63) is 113 Å². The number of aromatic hydroxyl groups is 1. The van der Waals surface area contributed by atoms with Gasteiger partial charge in [0.2, 0.25) is 0 Å². The Bertz CT molecular complexity index is 1430. The van der Waals surface area contributed by atoms with Gasteiger partial charge in [0.05, 0.1) is 11.6 Å². The number of aliphatic hydroxyl groups is 1. The van der Waals surface area contributed by atoms with Crippen LogP contribution >= 0.6 is 0 Å². The summed E-state index contributed by atoms with van der Waals surface area (Å²) in [5, 5.41) is 22.9. The van der Waals surface area contributed by atoms with E-state index in [0.29, 0.717) is 16.8 Å². The third kappa shape index (κ3) is 3.44. The second kappa shape index (κ2) is 7.95. The van der Waals surface area contributed by atoms with Gasteiger partial charge in [0.15, 0.2) is 0 Å². The monoisotopic (exact) mass is 435 g/mol. The van der Waals surface area contributed by atoms with Crippen LogP contribution in [-0.4, -0.2) is 21.9 Å². The molecule has 1 aliphatic heterocycles. The molecule has 0 bridgehead atoms. The topological polar surface area (TPSA) is 77.8 Å². The van der Waals surface area contributed by atoms with Crippen LogP contribution in [0.25, 0.3) is 16.5 Å². The van der Waals surface area contributed by atoms with Gasteiger partial charge in [-0.3, -0.25) is 14.5 Å². The van der Waals surface area contributed by atoms with Gasteiger partial charge >= 0.3 is 0 Å². The number of nitrogens with zero attached hydrogens (tertiary/aromatic N) is 1. The van der Waals surface area contributed by atoms with E-state index in [1.807, 2.05) is 61.5 Å². The van der Waals surface area contributed by atoms with E-state index in [0.717, 1.165) is 16.3 Å². The Labute approximate surface area is 190 Å². The summed E-state index contributed by atoms with van der Waals surface area (Å²) in [6.07, 6.45) is 0. The standard InChI is InChI=1S/C28H21NO4/c1-17-6-4-9-20(16-17)29-25(19-12-14-21(30)15-13-19)24(27(32)28(29)33)26(31)23-11-5-8-18-7-2-3-10-22(18)23/h2-16,25,30-31H,1H3/b26-24-. The molecule has 0 aliphatic carbocycles. The van der Waals surface area contributed by atoms with Crippen LogP contribution in [-0.2, 0) is 9.59 Å². The van der Waals surface area contributed by atoms with Crippen LogP contribution in [0.1, 0.15) is 22.7 Å². The van der Waals surface area contributed by atoms with E-state index >= 15 is 0 Å². The van der Waals surface area contributed by atoms with Gasteiger partial charge in [-0.2, -0.15) is 0 Å². The minimum absolute atomic E-state index is 0.0172. The van der Waals surface area contributed by atoms with Crippen molar-refractivity contribution < 1.29 is 19.8 Å². The summed E-state index contributed by atoms with van der Waals surface area (Å²) in [4.78, 5) is 28.0. The molecule has 1 heterocycles. The van der Waals surface area contributed by atoms with Crippen LogP contribution < -0.4 is 4.90 Å². The molecule has 5 nitrogen and oxygen atoms in total. The van der Waals surface area contributed by atoms with Crippen molar-refractivity contribution in [3.8, 4) is 5.75 Å². The van der Waals surface area contributed by atoms with Crippen molar-refractivity contribution in [2.24, 2.45) is 0 Å². The van der Waals surface area contributed by atoms with Crippen molar-refractivity contribution in [3.63, 3.8) is 0 Å². The molecule has 4 aromatic rings. The van der Waals surface area contributed by atoms with Gasteiger partial charge in [0.1, 0.15) is 11.5 Å². The van der Waals surface area contributed by atoms with Crippen LogP contribution in [0.3, 0.4) is 0 Å². The second-order valence-electron chi connectivity index (χ2n) is 8.13. The number of phenolic OH excluding ortho intramolecular Hbond substituents is 1. The summed E-state index contributed by atoms with van der Waals surface area (Å²) < 4.78 is 0. The zero-order valence-electron chi connectivity index (χ0n) is 17.9. The lowest BCUT2D eigenvalue weighted by Gasteiger charge is -2.26. The molecule has 1 fully saturated rings. The number of carbonyl (C=O) groups excluding carboxylic acids is 2. The number of hydrogen-bond acceptors (Lipinski definition) is 4. The summed E-state index contributed by atoms with van der Waals surface area (Å²) in [6, 6.07) is 25.8. The van der Waals surface area contributed by atoms with E-state index in [1.165, 1.54) is 17.0 Å². The number of aliphatic hydroxyl groups excluding tert-OH is 1. The minimum Gasteiger partial charge on any atom is -0.508 e. The van der Waals surface area contributed by atoms with E-state index in [-0.39, 0.29) is 17.1 Å². The number of aryl methyl sites for hydroxylation is 1. The highest BCUT2D eigenvalue weighted by atomic mass is 16.3. The first-order valence-corrected chi connectivity index (χ1v) is 10.6. The summed E-state index contributed by atoms with van der Waals surface area (Å²) in [5.74, 6) is -1.61. The highest BCUT2D eigenvalue weighted by Crippen LogP contribution is 2.43. The Balaban J connectivity index is 1.78. The molecule has 1 unspecified atom stereocenters. The van der Waals surface area contributed by atoms with Crippen molar-refractivity contribution in [2.75, 3.05) is 4.90 Å². The van der Waals surface area contributed by atoms with Gasteiger partial charge in [-0.15, -0.1) is 0 Å². The Morgan fingerprint density at radius 2 is 1.55 bits per heavy atom. The summed E-state index contributed by atoms with van der Waals surface area (Å²) in [6.45, 7) is 1.91. The zero-order valence-corrected chi connectivity index (χ0v) is 17.9. The third-order valence-corrected chi connectivity index (χ3v) is 5.98. The number of phenols is 1. The largest absolute Gasteiger partial charge is 0.508 e. The molecule has 0 saturated carbocycles. The normalized spacial score (nSPS) is 17.6. The predicted molar refractivity (Wildman–Crippen MR) is 128 cm³/mol. The number of rotatable bonds is 3. The highest BCUT2D eigenvalue weighted by molar-refractivity contribution is 6.51. The lowest BCUT2D eigenvalue weighted by Crippen LogP contribution is -2.29. The molecule has 1 atom stereocenters. The number of fused-ring (bicyclic) bond motifs is 1. The van der Waals surface area contributed by atoms with E-state index in [2.05, 4.69) is 0 Å². The molecule has 1 saturated heterocycles. The maximum atomic E-state index is 13.3. The molecule has 1 aliphatic rings. The average molecular weight is 435 g/mol. The van der Waals surface area contributed by atoms with Crippen LogP contribution in [0.5, 0.6) is 5.75 Å². The van der Waals surface area contributed by atoms with Gasteiger partial charge in [-0.25, -0.2) is 0 Å². The van der Waals surface area contributed by atoms with Gasteiger partial charge < -0.3 is 10.2 Å². The number of anilines is 1. The molecule has 0 spiro atoms. The van der Waals surface area contributed by atoms with Crippen LogP contribution in [0.15, 0.2) is 96.6 Å². The number of ketones is 1. The first-order chi connectivity index (χ1) is 16.0. The fourth-order valence-electron chi connectivity index (χ4n) is 4.43. The fraction of sp³-hybridized carbons (Fsp3) is 0.0714. The third-order valence-electron chi connectivity index (χ3n) is 5.98. The first kappa shape index (κ1) is 20.5. The SMILES string of the molecule is Cc1cccc(N2C(=O)C(=O)/C(=C(\O)c3cccc4ccccc34)C2c2ccc(O)cc2)c1. The zero-order chi connectivity index (χ0) is 23.1. The molecule has 0 radical (unpaired) electrons. The molecular weight excluding hydrogens is 414 g/mol. The molecule has 33 heavy (non-hydrogen) atoms. The van der Waals surface area contributed by atoms with Gasteiger partial charge in [0, 0.05) is 11.3 Å². The quantitative estimate of drug-likeness (QED) is 0.254. The summed E-state index contributed by atoms with van der Waals surface area (Å²) >= 11 is 0. The van der Waals surface area contributed by atoms with E-state index in [1.54, 1.807) is 24.3 Å². The Kier molecular flexibility index (Phi) is 4.94. The first-order valence-electron chi connectivity index (χ1n) is 10.6.